The summed E-state index contributed by atoms with van der Waals surface area (Å²) in [7, 11) is 0. The standard InChI is InChI=1S/C56H107NO8/c1-3-5-7-9-11-13-15-17-19-21-23-24-25-26-27-28-29-31-33-35-37-39-41-43-45-50(59)49(48-64-56-55(63)54(62)53(61)51(47-58)65-56)57-52(60)46-44-42-40-38-36-34-32-30-22-20-18-16-14-12-10-8-6-4-2/h30,32,43,45,49-51,53-56,58-59,61-63H,3-29,31,33-42,44,46-48H2,1-2H3,(H,57,60)/b32-30-,45-43+. The summed E-state index contributed by atoms with van der Waals surface area (Å²) in [5.74, 6) is -0.182. The maximum Gasteiger partial charge on any atom is 0.220 e. The van der Waals surface area contributed by atoms with Crippen molar-refractivity contribution in [3.05, 3.63) is 24.3 Å². The molecule has 6 N–H and O–H groups in total. The first-order chi connectivity index (χ1) is 31.8. The molecule has 0 aliphatic carbocycles. The lowest BCUT2D eigenvalue weighted by Crippen LogP contribution is -2.60. The largest absolute Gasteiger partial charge is 0.394 e. The monoisotopic (exact) mass is 922 g/mol. The second-order valence-corrected chi connectivity index (χ2v) is 19.7. The fourth-order valence-corrected chi connectivity index (χ4v) is 9.04. The van der Waals surface area contributed by atoms with Gasteiger partial charge in [0, 0.05) is 6.42 Å². The normalized spacial score (nSPS) is 20.0. The highest BCUT2D eigenvalue weighted by Gasteiger charge is 2.44. The maximum atomic E-state index is 13.0. The van der Waals surface area contributed by atoms with Crippen LogP contribution in [0.25, 0.3) is 0 Å². The quantitative estimate of drug-likeness (QED) is 0.0261. The van der Waals surface area contributed by atoms with Crippen LogP contribution in [0.1, 0.15) is 271 Å². The molecule has 0 spiro atoms. The van der Waals surface area contributed by atoms with Gasteiger partial charge in [0.25, 0.3) is 0 Å². The molecule has 1 heterocycles. The number of amides is 1. The number of hydrogen-bond donors (Lipinski definition) is 6. The molecule has 1 saturated heterocycles. The number of nitrogens with one attached hydrogen (secondary N) is 1. The molecule has 7 unspecified atom stereocenters. The lowest BCUT2D eigenvalue weighted by Gasteiger charge is -2.40. The summed E-state index contributed by atoms with van der Waals surface area (Å²) in [6.07, 6.45) is 50.9. The van der Waals surface area contributed by atoms with Gasteiger partial charge >= 0.3 is 0 Å². The average molecular weight is 922 g/mol. The molecule has 0 saturated carbocycles. The summed E-state index contributed by atoms with van der Waals surface area (Å²) in [6, 6.07) is -0.807. The zero-order chi connectivity index (χ0) is 47.3. The van der Waals surface area contributed by atoms with Crippen LogP contribution in [0.5, 0.6) is 0 Å². The summed E-state index contributed by atoms with van der Waals surface area (Å²) < 4.78 is 11.3. The lowest BCUT2D eigenvalue weighted by molar-refractivity contribution is -0.302. The highest BCUT2D eigenvalue weighted by molar-refractivity contribution is 5.76. The lowest BCUT2D eigenvalue weighted by atomic mass is 9.99. The van der Waals surface area contributed by atoms with Gasteiger partial charge in [0.15, 0.2) is 6.29 Å². The Kier molecular flexibility index (Phi) is 44.0. The third-order valence-corrected chi connectivity index (χ3v) is 13.5. The van der Waals surface area contributed by atoms with Crippen LogP contribution in [0.4, 0.5) is 0 Å². The van der Waals surface area contributed by atoms with Crippen molar-refractivity contribution >= 4 is 5.91 Å². The van der Waals surface area contributed by atoms with Crippen molar-refractivity contribution in [1.82, 2.24) is 5.32 Å². The van der Waals surface area contributed by atoms with Crippen LogP contribution >= 0.6 is 0 Å². The molecule has 1 aliphatic heterocycles. The van der Waals surface area contributed by atoms with E-state index in [0.29, 0.717) is 6.42 Å². The number of ether oxygens (including phenoxy) is 2. The minimum absolute atomic E-state index is 0.182. The van der Waals surface area contributed by atoms with Crippen LogP contribution in [0.2, 0.25) is 0 Å². The van der Waals surface area contributed by atoms with E-state index in [4.69, 9.17) is 9.47 Å². The fraction of sp³-hybridized carbons (Fsp3) is 0.911. The third kappa shape index (κ3) is 36.3. The van der Waals surface area contributed by atoms with Gasteiger partial charge in [-0.15, -0.1) is 0 Å². The first kappa shape index (κ1) is 61.7. The van der Waals surface area contributed by atoms with E-state index in [0.717, 1.165) is 57.8 Å². The Morgan fingerprint density at radius 3 is 1.25 bits per heavy atom. The zero-order valence-corrected chi connectivity index (χ0v) is 42.5. The molecule has 1 fully saturated rings. The van der Waals surface area contributed by atoms with Gasteiger partial charge in [-0.25, -0.2) is 0 Å². The second-order valence-electron chi connectivity index (χ2n) is 19.7. The Hall–Kier alpha value is -1.33. The topological polar surface area (TPSA) is 149 Å². The Morgan fingerprint density at radius 1 is 0.508 bits per heavy atom. The van der Waals surface area contributed by atoms with Crippen molar-refractivity contribution in [2.24, 2.45) is 0 Å². The number of hydrogen-bond acceptors (Lipinski definition) is 8. The third-order valence-electron chi connectivity index (χ3n) is 13.5. The number of carbonyl (C=O) groups is 1. The number of allylic oxidation sites excluding steroid dienone is 3. The molecule has 7 atom stereocenters. The molecule has 9 nitrogen and oxygen atoms in total. The molecule has 1 aliphatic rings. The molecule has 0 radical (unpaired) electrons. The molecule has 384 valence electrons. The molecule has 0 aromatic carbocycles. The van der Waals surface area contributed by atoms with E-state index in [9.17, 15) is 30.3 Å². The number of rotatable bonds is 48. The van der Waals surface area contributed by atoms with Gasteiger partial charge in [-0.1, -0.05) is 244 Å². The number of unbranched alkanes of at least 4 members (excludes halogenated alkanes) is 36. The van der Waals surface area contributed by atoms with Gasteiger partial charge in [0.2, 0.25) is 5.91 Å². The van der Waals surface area contributed by atoms with Gasteiger partial charge in [-0.3, -0.25) is 4.79 Å². The van der Waals surface area contributed by atoms with E-state index in [-0.39, 0.29) is 12.5 Å². The molecular formula is C56H107NO8. The number of aliphatic hydroxyl groups excluding tert-OH is 5. The molecule has 0 bridgehead atoms. The van der Waals surface area contributed by atoms with Crippen molar-refractivity contribution in [2.75, 3.05) is 13.2 Å². The first-order valence-electron chi connectivity index (χ1n) is 28.1. The summed E-state index contributed by atoms with van der Waals surface area (Å²) in [4.78, 5) is 13.0. The van der Waals surface area contributed by atoms with Gasteiger partial charge in [-0.05, 0) is 44.9 Å². The summed E-state index contributed by atoms with van der Waals surface area (Å²) >= 11 is 0. The van der Waals surface area contributed by atoms with Crippen molar-refractivity contribution < 1.29 is 39.8 Å². The van der Waals surface area contributed by atoms with E-state index < -0.39 is 49.5 Å². The number of aliphatic hydroxyl groups is 5. The van der Waals surface area contributed by atoms with Crippen LogP contribution in [0.3, 0.4) is 0 Å². The van der Waals surface area contributed by atoms with Gasteiger partial charge in [0.05, 0.1) is 25.4 Å². The van der Waals surface area contributed by atoms with E-state index in [2.05, 4.69) is 31.3 Å². The Morgan fingerprint density at radius 2 is 0.862 bits per heavy atom. The average Bonchev–Trinajstić information content (AvgIpc) is 3.31. The van der Waals surface area contributed by atoms with E-state index >= 15 is 0 Å². The van der Waals surface area contributed by atoms with Gasteiger partial charge < -0.3 is 40.3 Å². The predicted octanol–water partition coefficient (Wildman–Crippen LogP) is 13.4. The number of carbonyl (C=O) groups excluding carboxylic acids is 1. The molecule has 1 amide bonds. The zero-order valence-electron chi connectivity index (χ0n) is 42.5. The molecule has 0 aromatic heterocycles. The fourth-order valence-electron chi connectivity index (χ4n) is 9.04. The Bertz CT molecular complexity index is 1070. The van der Waals surface area contributed by atoms with Crippen molar-refractivity contribution in [3.8, 4) is 0 Å². The van der Waals surface area contributed by atoms with Crippen LogP contribution in [-0.4, -0.2) is 87.5 Å². The van der Waals surface area contributed by atoms with Gasteiger partial charge in [-0.2, -0.15) is 0 Å². The molecule has 65 heavy (non-hydrogen) atoms. The van der Waals surface area contributed by atoms with Crippen LogP contribution in [0.15, 0.2) is 24.3 Å². The van der Waals surface area contributed by atoms with E-state index in [1.807, 2.05) is 6.08 Å². The van der Waals surface area contributed by atoms with Gasteiger partial charge in [0.1, 0.15) is 24.4 Å². The minimum atomic E-state index is -1.57. The van der Waals surface area contributed by atoms with Crippen molar-refractivity contribution in [2.45, 2.75) is 314 Å². The highest BCUT2D eigenvalue weighted by Crippen LogP contribution is 2.23. The van der Waals surface area contributed by atoms with E-state index in [1.54, 1.807) is 6.08 Å². The van der Waals surface area contributed by atoms with E-state index in [1.165, 1.54) is 193 Å². The van der Waals surface area contributed by atoms with Crippen molar-refractivity contribution in [3.63, 3.8) is 0 Å². The second kappa shape index (κ2) is 46.4. The summed E-state index contributed by atoms with van der Waals surface area (Å²) in [6.45, 7) is 3.80. The van der Waals surface area contributed by atoms with Crippen LogP contribution in [0, 0.1) is 0 Å². The van der Waals surface area contributed by atoms with Crippen LogP contribution < -0.4 is 5.32 Å². The maximum absolute atomic E-state index is 13.0. The SMILES string of the molecule is CCCCCCCCCCC/C=C\CCCCCCCC(=O)NC(COC1OC(CO)C(O)C(O)C1O)C(O)/C=C/CCCCCCCCCCCCCCCCCCCCCCCC. The van der Waals surface area contributed by atoms with Crippen LogP contribution in [-0.2, 0) is 14.3 Å². The molecule has 9 heteroatoms. The molecular weight excluding hydrogens is 815 g/mol. The minimum Gasteiger partial charge on any atom is -0.394 e. The molecule has 1 rings (SSSR count). The smallest absolute Gasteiger partial charge is 0.220 e. The summed E-state index contributed by atoms with van der Waals surface area (Å²) in [5, 5.41) is 54.5. The summed E-state index contributed by atoms with van der Waals surface area (Å²) in [5.41, 5.74) is 0. The van der Waals surface area contributed by atoms with Crippen molar-refractivity contribution in [1.29, 1.82) is 0 Å². The predicted molar refractivity (Wildman–Crippen MR) is 272 cm³/mol. The Labute approximate surface area is 400 Å². The Balaban J connectivity index is 2.25. The first-order valence-corrected chi connectivity index (χ1v) is 28.1. The highest BCUT2D eigenvalue weighted by atomic mass is 16.7. The molecule has 0 aromatic rings.